The Kier molecular flexibility index (Phi) is 5.51. The van der Waals surface area contributed by atoms with Gasteiger partial charge in [-0.1, -0.05) is 11.6 Å². The van der Waals surface area contributed by atoms with Gasteiger partial charge in [0, 0.05) is 19.2 Å². The molecule has 8 heteroatoms. The van der Waals surface area contributed by atoms with Crippen LogP contribution in [0.5, 0.6) is 0 Å². The summed E-state index contributed by atoms with van der Waals surface area (Å²) < 4.78 is 10.9. The maximum atomic E-state index is 10.5. The van der Waals surface area contributed by atoms with Crippen molar-refractivity contribution in [2.45, 2.75) is 18.9 Å². The number of aromatic nitrogens is 1. The molecule has 1 saturated heterocycles. The lowest BCUT2D eigenvalue weighted by atomic mass is 10.2. The average molecular weight is 302 g/mol. The molecule has 0 spiro atoms. The molecule has 110 valence electrons. The first-order valence-corrected chi connectivity index (χ1v) is 6.78. The van der Waals surface area contributed by atoms with Gasteiger partial charge < -0.3 is 14.8 Å². The summed E-state index contributed by atoms with van der Waals surface area (Å²) in [4.78, 5) is 13.9. The standard InChI is InChI=1S/C12H16ClN3O4/c13-11-6-9(16(17)18)7-15-12(11)14-3-5-19-8-10-2-1-4-20-10/h6-7,10H,1-5,8H2,(H,14,15). The topological polar surface area (TPSA) is 86.5 Å². The monoisotopic (exact) mass is 301 g/mol. The van der Waals surface area contributed by atoms with E-state index in [1.807, 2.05) is 0 Å². The zero-order valence-electron chi connectivity index (χ0n) is 10.9. The highest BCUT2D eigenvalue weighted by molar-refractivity contribution is 6.33. The second-order valence-corrected chi connectivity index (χ2v) is 4.82. The smallest absolute Gasteiger partial charge is 0.289 e. The van der Waals surface area contributed by atoms with Crippen molar-refractivity contribution < 1.29 is 14.4 Å². The molecule has 0 radical (unpaired) electrons. The molecule has 1 N–H and O–H groups in total. The molecule has 1 aliphatic rings. The van der Waals surface area contributed by atoms with E-state index < -0.39 is 4.92 Å². The van der Waals surface area contributed by atoms with Gasteiger partial charge in [0.1, 0.15) is 12.0 Å². The minimum Gasteiger partial charge on any atom is -0.377 e. The molecule has 0 saturated carbocycles. The predicted molar refractivity (Wildman–Crippen MR) is 74.2 cm³/mol. The molecular formula is C12H16ClN3O4. The molecule has 1 aliphatic heterocycles. The van der Waals surface area contributed by atoms with Gasteiger partial charge in [0.15, 0.2) is 0 Å². The summed E-state index contributed by atoms with van der Waals surface area (Å²) in [6.07, 6.45) is 3.51. The Labute approximate surface area is 121 Å². The van der Waals surface area contributed by atoms with E-state index in [1.54, 1.807) is 0 Å². The van der Waals surface area contributed by atoms with Crippen LogP contribution < -0.4 is 5.32 Å². The lowest BCUT2D eigenvalue weighted by molar-refractivity contribution is -0.385. The van der Waals surface area contributed by atoms with E-state index in [1.165, 1.54) is 12.3 Å². The molecule has 0 amide bonds. The highest BCUT2D eigenvalue weighted by Crippen LogP contribution is 2.23. The summed E-state index contributed by atoms with van der Waals surface area (Å²) >= 11 is 5.90. The van der Waals surface area contributed by atoms with Crippen LogP contribution >= 0.6 is 11.6 Å². The van der Waals surface area contributed by atoms with Crippen LogP contribution in [0, 0.1) is 10.1 Å². The third-order valence-electron chi connectivity index (χ3n) is 2.90. The SMILES string of the molecule is O=[N+]([O-])c1cnc(NCCOCC2CCCO2)c(Cl)c1. The zero-order chi connectivity index (χ0) is 14.4. The van der Waals surface area contributed by atoms with Crippen molar-refractivity contribution in [3.05, 3.63) is 27.4 Å². The first-order valence-electron chi connectivity index (χ1n) is 6.40. The van der Waals surface area contributed by atoms with Crippen molar-refractivity contribution in [3.8, 4) is 0 Å². The van der Waals surface area contributed by atoms with Gasteiger partial charge in [-0.3, -0.25) is 10.1 Å². The van der Waals surface area contributed by atoms with E-state index >= 15 is 0 Å². The molecule has 0 bridgehead atoms. The van der Waals surface area contributed by atoms with Gasteiger partial charge >= 0.3 is 0 Å². The Morgan fingerprint density at radius 3 is 3.15 bits per heavy atom. The van der Waals surface area contributed by atoms with Crippen molar-refractivity contribution in [1.29, 1.82) is 0 Å². The summed E-state index contributed by atoms with van der Waals surface area (Å²) in [6, 6.07) is 1.27. The number of nitrogens with zero attached hydrogens (tertiary/aromatic N) is 2. The molecule has 1 aromatic heterocycles. The maximum Gasteiger partial charge on any atom is 0.289 e. The highest BCUT2D eigenvalue weighted by atomic mass is 35.5. The van der Waals surface area contributed by atoms with Gasteiger partial charge in [-0.05, 0) is 12.8 Å². The molecular weight excluding hydrogens is 286 g/mol. The number of hydrogen-bond acceptors (Lipinski definition) is 6. The number of hydrogen-bond donors (Lipinski definition) is 1. The Hall–Kier alpha value is -1.44. The number of halogens is 1. The summed E-state index contributed by atoms with van der Waals surface area (Å²) in [6.45, 7) is 2.42. The number of ether oxygens (including phenoxy) is 2. The minimum absolute atomic E-state index is 0.129. The second kappa shape index (κ2) is 7.37. The van der Waals surface area contributed by atoms with Crippen LogP contribution in [0.2, 0.25) is 5.02 Å². The minimum atomic E-state index is -0.534. The first kappa shape index (κ1) is 15.0. The summed E-state index contributed by atoms with van der Waals surface area (Å²) in [5, 5.41) is 13.7. The van der Waals surface area contributed by atoms with Gasteiger partial charge in [0.2, 0.25) is 0 Å². The largest absolute Gasteiger partial charge is 0.377 e. The van der Waals surface area contributed by atoms with Crippen LogP contribution in [0.3, 0.4) is 0 Å². The lowest BCUT2D eigenvalue weighted by Gasteiger charge is -2.11. The molecule has 1 aromatic rings. The lowest BCUT2D eigenvalue weighted by Crippen LogP contribution is -2.18. The fraction of sp³-hybridized carbons (Fsp3) is 0.583. The van der Waals surface area contributed by atoms with Gasteiger partial charge in [0.05, 0.1) is 29.3 Å². The van der Waals surface area contributed by atoms with E-state index in [9.17, 15) is 10.1 Å². The third kappa shape index (κ3) is 4.29. The first-order chi connectivity index (χ1) is 9.66. The summed E-state index contributed by atoms with van der Waals surface area (Å²) in [7, 11) is 0. The van der Waals surface area contributed by atoms with Crippen LogP contribution in [0.15, 0.2) is 12.3 Å². The number of nitro groups is 1. The van der Waals surface area contributed by atoms with Gasteiger partial charge in [0.25, 0.3) is 5.69 Å². The van der Waals surface area contributed by atoms with Gasteiger partial charge in [-0.2, -0.15) is 0 Å². The molecule has 2 rings (SSSR count). The van der Waals surface area contributed by atoms with Crippen molar-refractivity contribution >= 4 is 23.1 Å². The van der Waals surface area contributed by atoms with E-state index in [0.717, 1.165) is 19.4 Å². The fourth-order valence-corrected chi connectivity index (χ4v) is 2.12. The molecule has 1 atom stereocenters. The molecule has 20 heavy (non-hydrogen) atoms. The third-order valence-corrected chi connectivity index (χ3v) is 3.19. The molecule has 7 nitrogen and oxygen atoms in total. The Balaban J connectivity index is 1.69. The van der Waals surface area contributed by atoms with Crippen molar-refractivity contribution in [2.75, 3.05) is 31.7 Å². The quantitative estimate of drug-likeness (QED) is 0.472. The van der Waals surface area contributed by atoms with Crippen molar-refractivity contribution in [1.82, 2.24) is 4.98 Å². The molecule has 1 unspecified atom stereocenters. The van der Waals surface area contributed by atoms with E-state index in [0.29, 0.717) is 25.6 Å². The predicted octanol–water partition coefficient (Wildman–Crippen LogP) is 2.25. The zero-order valence-corrected chi connectivity index (χ0v) is 11.6. The number of rotatable bonds is 7. The van der Waals surface area contributed by atoms with E-state index in [-0.39, 0.29) is 16.8 Å². The van der Waals surface area contributed by atoms with E-state index in [4.69, 9.17) is 21.1 Å². The van der Waals surface area contributed by atoms with Crippen LogP contribution in [0.25, 0.3) is 0 Å². The van der Waals surface area contributed by atoms with Gasteiger partial charge in [-0.15, -0.1) is 0 Å². The molecule has 0 aliphatic carbocycles. The summed E-state index contributed by atoms with van der Waals surface area (Å²) in [5.41, 5.74) is -0.129. The van der Waals surface area contributed by atoms with Crippen LogP contribution in [0.1, 0.15) is 12.8 Å². The molecule has 0 aromatic carbocycles. The Morgan fingerprint density at radius 2 is 2.50 bits per heavy atom. The van der Waals surface area contributed by atoms with Crippen molar-refractivity contribution in [3.63, 3.8) is 0 Å². The second-order valence-electron chi connectivity index (χ2n) is 4.42. The van der Waals surface area contributed by atoms with E-state index in [2.05, 4.69) is 10.3 Å². The Bertz CT molecular complexity index is 466. The number of anilines is 1. The number of nitrogens with one attached hydrogen (secondary N) is 1. The van der Waals surface area contributed by atoms with Gasteiger partial charge in [-0.25, -0.2) is 4.98 Å². The Morgan fingerprint density at radius 1 is 1.65 bits per heavy atom. The summed E-state index contributed by atoms with van der Waals surface area (Å²) in [5.74, 6) is 0.415. The van der Waals surface area contributed by atoms with Crippen LogP contribution in [-0.4, -0.2) is 42.4 Å². The fourth-order valence-electron chi connectivity index (χ4n) is 1.89. The highest BCUT2D eigenvalue weighted by Gasteiger charge is 2.15. The van der Waals surface area contributed by atoms with Crippen LogP contribution in [-0.2, 0) is 9.47 Å². The van der Waals surface area contributed by atoms with Crippen molar-refractivity contribution in [2.24, 2.45) is 0 Å². The van der Waals surface area contributed by atoms with Crippen LogP contribution in [0.4, 0.5) is 11.5 Å². The average Bonchev–Trinajstić information content (AvgIpc) is 2.93. The molecule has 2 heterocycles. The maximum absolute atomic E-state index is 10.5. The molecule has 1 fully saturated rings. The normalized spacial score (nSPS) is 18.1. The number of pyridine rings is 1.